The highest BCUT2D eigenvalue weighted by molar-refractivity contribution is 5.84. The Labute approximate surface area is 126 Å². The number of nitrogens with zero attached hydrogens (tertiary/aromatic N) is 2. The fourth-order valence-corrected chi connectivity index (χ4v) is 1.94. The third-order valence-corrected chi connectivity index (χ3v) is 3.01. The molecule has 8 nitrogen and oxygen atoms in total. The first-order chi connectivity index (χ1) is 10.6. The van der Waals surface area contributed by atoms with Gasteiger partial charge in [-0.1, -0.05) is 6.07 Å². The minimum atomic E-state index is -0.850. The van der Waals surface area contributed by atoms with Crippen molar-refractivity contribution in [2.75, 3.05) is 7.11 Å². The number of rotatable bonds is 6. The van der Waals surface area contributed by atoms with Gasteiger partial charge in [0.05, 0.1) is 13.4 Å². The molecule has 0 aliphatic carbocycles. The molecule has 8 heteroatoms. The van der Waals surface area contributed by atoms with Crippen LogP contribution in [0.4, 0.5) is 0 Å². The average molecular weight is 304 g/mol. The summed E-state index contributed by atoms with van der Waals surface area (Å²) >= 11 is 0. The number of esters is 1. The standard InChI is InChI=1S/C14H16N4O4/c1-22-14(21)11(6-10-7-15-9-16-10)17-12(19)8-18-5-3-2-4-13(18)20/h2-5,7,9,11H,6,8H2,1H3,(H,15,16)(H,17,19)/t11-/m1/s1. The molecule has 0 saturated heterocycles. The van der Waals surface area contributed by atoms with Gasteiger partial charge < -0.3 is 19.6 Å². The smallest absolute Gasteiger partial charge is 0.328 e. The molecule has 0 aromatic carbocycles. The quantitative estimate of drug-likeness (QED) is 0.698. The molecule has 0 spiro atoms. The van der Waals surface area contributed by atoms with E-state index in [4.69, 9.17) is 0 Å². The fraction of sp³-hybridized carbons (Fsp3) is 0.286. The highest BCUT2D eigenvalue weighted by Gasteiger charge is 2.22. The van der Waals surface area contributed by atoms with E-state index in [1.807, 2.05) is 0 Å². The van der Waals surface area contributed by atoms with Crippen LogP contribution in [-0.4, -0.2) is 39.6 Å². The maximum atomic E-state index is 12.0. The summed E-state index contributed by atoms with van der Waals surface area (Å²) in [7, 11) is 1.25. The minimum Gasteiger partial charge on any atom is -0.467 e. The van der Waals surface area contributed by atoms with Gasteiger partial charge in [0.2, 0.25) is 5.91 Å². The van der Waals surface area contributed by atoms with Crippen molar-refractivity contribution >= 4 is 11.9 Å². The molecule has 2 aromatic heterocycles. The van der Waals surface area contributed by atoms with Crippen LogP contribution in [-0.2, 0) is 27.3 Å². The highest BCUT2D eigenvalue weighted by Crippen LogP contribution is 2.00. The van der Waals surface area contributed by atoms with E-state index in [2.05, 4.69) is 20.0 Å². The van der Waals surface area contributed by atoms with E-state index in [0.717, 1.165) is 0 Å². The third-order valence-electron chi connectivity index (χ3n) is 3.01. The second-order valence-corrected chi connectivity index (χ2v) is 4.59. The molecule has 0 unspecified atom stereocenters. The van der Waals surface area contributed by atoms with E-state index < -0.39 is 17.9 Å². The van der Waals surface area contributed by atoms with Gasteiger partial charge in [0.15, 0.2) is 0 Å². The minimum absolute atomic E-state index is 0.170. The lowest BCUT2D eigenvalue weighted by Crippen LogP contribution is -2.45. The van der Waals surface area contributed by atoms with Gasteiger partial charge in [0.25, 0.3) is 5.56 Å². The van der Waals surface area contributed by atoms with Crippen molar-refractivity contribution in [2.45, 2.75) is 19.0 Å². The molecule has 0 radical (unpaired) electrons. The van der Waals surface area contributed by atoms with Crippen LogP contribution in [0.15, 0.2) is 41.7 Å². The number of pyridine rings is 1. The molecule has 116 valence electrons. The molecule has 1 atom stereocenters. The summed E-state index contributed by atoms with van der Waals surface area (Å²) < 4.78 is 5.93. The first kappa shape index (κ1) is 15.5. The molecule has 1 amide bonds. The van der Waals surface area contributed by atoms with E-state index in [0.29, 0.717) is 5.69 Å². The Balaban J connectivity index is 2.03. The van der Waals surface area contributed by atoms with Crippen LogP contribution >= 0.6 is 0 Å². The molecule has 0 bridgehead atoms. The van der Waals surface area contributed by atoms with Crippen LogP contribution in [0.5, 0.6) is 0 Å². The van der Waals surface area contributed by atoms with Crippen LogP contribution in [0.1, 0.15) is 5.69 Å². The van der Waals surface area contributed by atoms with Crippen molar-refractivity contribution in [3.05, 3.63) is 53.0 Å². The molecule has 22 heavy (non-hydrogen) atoms. The lowest BCUT2D eigenvalue weighted by atomic mass is 10.1. The van der Waals surface area contributed by atoms with E-state index in [1.54, 1.807) is 18.3 Å². The fourth-order valence-electron chi connectivity index (χ4n) is 1.94. The predicted molar refractivity (Wildman–Crippen MR) is 76.9 cm³/mol. The maximum absolute atomic E-state index is 12.0. The molecular weight excluding hydrogens is 288 g/mol. The number of hydrogen-bond donors (Lipinski definition) is 2. The zero-order valence-corrected chi connectivity index (χ0v) is 12.0. The summed E-state index contributed by atoms with van der Waals surface area (Å²) in [4.78, 5) is 42.0. The summed E-state index contributed by atoms with van der Waals surface area (Å²) in [6.07, 6.45) is 4.77. The molecule has 2 N–H and O–H groups in total. The number of carbonyl (C=O) groups excluding carboxylic acids is 2. The summed E-state index contributed by atoms with van der Waals surface area (Å²) in [5.74, 6) is -1.02. The average Bonchev–Trinajstić information content (AvgIpc) is 3.01. The maximum Gasteiger partial charge on any atom is 0.328 e. The molecule has 0 aliphatic rings. The van der Waals surface area contributed by atoms with Crippen molar-refractivity contribution < 1.29 is 14.3 Å². The van der Waals surface area contributed by atoms with E-state index in [1.165, 1.54) is 30.3 Å². The van der Waals surface area contributed by atoms with Crippen molar-refractivity contribution in [1.29, 1.82) is 0 Å². The Morgan fingerprint density at radius 3 is 2.91 bits per heavy atom. The molecule has 2 rings (SSSR count). The number of methoxy groups -OCH3 is 1. The molecule has 0 aliphatic heterocycles. The van der Waals surface area contributed by atoms with Crippen molar-refractivity contribution in [3.63, 3.8) is 0 Å². The summed E-state index contributed by atoms with van der Waals surface area (Å²) in [6, 6.07) is 3.75. The SMILES string of the molecule is COC(=O)[C@@H](Cc1cnc[nH]1)NC(=O)Cn1ccccc1=O. The Morgan fingerprint density at radius 2 is 2.27 bits per heavy atom. The second kappa shape index (κ2) is 7.21. The first-order valence-corrected chi connectivity index (χ1v) is 6.60. The number of hydrogen-bond acceptors (Lipinski definition) is 5. The van der Waals surface area contributed by atoms with Crippen molar-refractivity contribution in [1.82, 2.24) is 19.9 Å². The van der Waals surface area contributed by atoms with Gasteiger partial charge >= 0.3 is 5.97 Å². The first-order valence-electron chi connectivity index (χ1n) is 6.60. The van der Waals surface area contributed by atoms with Gasteiger partial charge in [-0.2, -0.15) is 0 Å². The molecule has 2 aromatic rings. The van der Waals surface area contributed by atoms with Crippen LogP contribution in [0.2, 0.25) is 0 Å². The van der Waals surface area contributed by atoms with Gasteiger partial charge in [-0.25, -0.2) is 9.78 Å². The molecule has 2 heterocycles. The van der Waals surface area contributed by atoms with Crippen LogP contribution in [0.3, 0.4) is 0 Å². The topological polar surface area (TPSA) is 106 Å². The molecule has 0 saturated carbocycles. The molecule has 0 fully saturated rings. The number of nitrogens with one attached hydrogen (secondary N) is 2. The number of carbonyl (C=O) groups is 2. The van der Waals surface area contributed by atoms with Gasteiger partial charge in [0.1, 0.15) is 12.6 Å². The number of amides is 1. The lowest BCUT2D eigenvalue weighted by molar-refractivity contribution is -0.145. The zero-order valence-electron chi connectivity index (χ0n) is 12.0. The Bertz CT molecular complexity index is 693. The number of ether oxygens (including phenoxy) is 1. The van der Waals surface area contributed by atoms with Crippen LogP contribution in [0, 0.1) is 0 Å². The number of aromatic nitrogens is 3. The van der Waals surface area contributed by atoms with E-state index in [-0.39, 0.29) is 18.5 Å². The Kier molecular flexibility index (Phi) is 5.07. The number of imidazole rings is 1. The summed E-state index contributed by atoms with van der Waals surface area (Å²) in [5.41, 5.74) is 0.397. The highest BCUT2D eigenvalue weighted by atomic mass is 16.5. The Morgan fingerprint density at radius 1 is 1.45 bits per heavy atom. The largest absolute Gasteiger partial charge is 0.467 e. The monoisotopic (exact) mass is 304 g/mol. The third kappa shape index (κ3) is 4.05. The Hall–Kier alpha value is -2.90. The van der Waals surface area contributed by atoms with E-state index >= 15 is 0 Å². The van der Waals surface area contributed by atoms with Gasteiger partial charge in [0, 0.05) is 30.6 Å². The zero-order chi connectivity index (χ0) is 15.9. The van der Waals surface area contributed by atoms with Gasteiger partial charge in [-0.15, -0.1) is 0 Å². The van der Waals surface area contributed by atoms with E-state index in [9.17, 15) is 14.4 Å². The predicted octanol–water partition coefficient (Wildman–Crippen LogP) is -0.528. The van der Waals surface area contributed by atoms with Gasteiger partial charge in [-0.3, -0.25) is 9.59 Å². The lowest BCUT2D eigenvalue weighted by Gasteiger charge is -2.16. The second-order valence-electron chi connectivity index (χ2n) is 4.59. The number of aromatic amines is 1. The van der Waals surface area contributed by atoms with Gasteiger partial charge in [-0.05, 0) is 6.07 Å². The summed E-state index contributed by atoms with van der Waals surface area (Å²) in [6.45, 7) is -0.170. The summed E-state index contributed by atoms with van der Waals surface area (Å²) in [5, 5.41) is 2.56. The number of H-pyrrole nitrogens is 1. The van der Waals surface area contributed by atoms with Crippen LogP contribution < -0.4 is 10.9 Å². The van der Waals surface area contributed by atoms with Crippen molar-refractivity contribution in [2.24, 2.45) is 0 Å². The normalized spacial score (nSPS) is 11.7. The van der Waals surface area contributed by atoms with Crippen molar-refractivity contribution in [3.8, 4) is 0 Å². The van der Waals surface area contributed by atoms with Crippen LogP contribution in [0.25, 0.3) is 0 Å². The molecular formula is C14H16N4O4.